The molecule has 2 saturated heterocycles. The minimum atomic E-state index is 0.0451. The molecule has 6 heteroatoms. The van der Waals surface area contributed by atoms with Gasteiger partial charge < -0.3 is 14.5 Å². The number of carbonyl (C=O) groups excluding carboxylic acids is 2. The summed E-state index contributed by atoms with van der Waals surface area (Å²) in [5.41, 5.74) is 1.90. The number of ether oxygens (including phenoxy) is 1. The van der Waals surface area contributed by atoms with Crippen molar-refractivity contribution in [2.24, 2.45) is 5.92 Å². The summed E-state index contributed by atoms with van der Waals surface area (Å²) in [6.07, 6.45) is 1.51. The zero-order chi connectivity index (χ0) is 17.1. The molecular weight excluding hydrogens is 419 g/mol. The van der Waals surface area contributed by atoms with Crippen molar-refractivity contribution >= 4 is 34.4 Å². The predicted molar refractivity (Wildman–Crippen MR) is 99.9 cm³/mol. The smallest absolute Gasteiger partial charge is 0.254 e. The van der Waals surface area contributed by atoms with E-state index in [1.807, 2.05) is 34.9 Å². The van der Waals surface area contributed by atoms with E-state index in [0.717, 1.165) is 27.5 Å². The highest BCUT2D eigenvalue weighted by Gasteiger charge is 2.31. The van der Waals surface area contributed by atoms with Crippen LogP contribution >= 0.6 is 22.6 Å². The van der Waals surface area contributed by atoms with Crippen LogP contribution in [0, 0.1) is 16.4 Å². The van der Waals surface area contributed by atoms with Gasteiger partial charge in [-0.25, -0.2) is 0 Å². The number of likely N-dealkylation sites (tertiary alicyclic amines) is 1. The Morgan fingerprint density at radius 3 is 2.42 bits per heavy atom. The zero-order valence-corrected chi connectivity index (χ0v) is 16.1. The van der Waals surface area contributed by atoms with Crippen molar-refractivity contribution in [3.05, 3.63) is 32.9 Å². The quantitative estimate of drug-likeness (QED) is 0.661. The molecule has 0 aliphatic carbocycles. The van der Waals surface area contributed by atoms with Gasteiger partial charge in [0.2, 0.25) is 5.91 Å². The lowest BCUT2D eigenvalue weighted by molar-refractivity contribution is -0.141. The molecule has 5 nitrogen and oxygen atoms in total. The lowest BCUT2D eigenvalue weighted by atomic mass is 9.94. The van der Waals surface area contributed by atoms with Gasteiger partial charge >= 0.3 is 0 Å². The number of nitrogens with zero attached hydrogens (tertiary/aromatic N) is 2. The first kappa shape index (κ1) is 17.7. The van der Waals surface area contributed by atoms with Crippen LogP contribution in [0.25, 0.3) is 0 Å². The van der Waals surface area contributed by atoms with Crippen molar-refractivity contribution in [2.75, 3.05) is 39.4 Å². The van der Waals surface area contributed by atoms with Gasteiger partial charge in [0.05, 0.1) is 18.8 Å². The van der Waals surface area contributed by atoms with Crippen molar-refractivity contribution in [3.8, 4) is 0 Å². The van der Waals surface area contributed by atoms with E-state index >= 15 is 0 Å². The Kier molecular flexibility index (Phi) is 5.76. The fourth-order valence-electron chi connectivity index (χ4n) is 3.35. The summed E-state index contributed by atoms with van der Waals surface area (Å²) < 4.78 is 6.33. The van der Waals surface area contributed by atoms with Crippen LogP contribution in [0.5, 0.6) is 0 Å². The molecule has 3 rings (SSSR count). The fourth-order valence-corrected chi connectivity index (χ4v) is 3.94. The Labute approximate surface area is 156 Å². The summed E-state index contributed by atoms with van der Waals surface area (Å²) in [5, 5.41) is 0. The summed E-state index contributed by atoms with van der Waals surface area (Å²) in [6.45, 7) is 5.99. The molecule has 2 aliphatic heterocycles. The molecule has 0 radical (unpaired) electrons. The van der Waals surface area contributed by atoms with Crippen LogP contribution in [0.15, 0.2) is 18.2 Å². The van der Waals surface area contributed by atoms with Gasteiger partial charge in [-0.3, -0.25) is 9.59 Å². The van der Waals surface area contributed by atoms with Crippen molar-refractivity contribution < 1.29 is 14.3 Å². The lowest BCUT2D eigenvalue weighted by Gasteiger charge is -2.35. The van der Waals surface area contributed by atoms with E-state index < -0.39 is 0 Å². The van der Waals surface area contributed by atoms with E-state index in [2.05, 4.69) is 22.6 Å². The number of rotatable bonds is 2. The van der Waals surface area contributed by atoms with Gasteiger partial charge in [-0.1, -0.05) is 12.1 Å². The van der Waals surface area contributed by atoms with Crippen LogP contribution in [-0.4, -0.2) is 61.0 Å². The first-order valence-electron chi connectivity index (χ1n) is 8.49. The normalized spacial score (nSPS) is 19.4. The van der Waals surface area contributed by atoms with Crippen molar-refractivity contribution in [2.45, 2.75) is 19.8 Å². The topological polar surface area (TPSA) is 49.9 Å². The van der Waals surface area contributed by atoms with Crippen LogP contribution in [0.1, 0.15) is 28.8 Å². The molecule has 2 amide bonds. The van der Waals surface area contributed by atoms with E-state index in [-0.39, 0.29) is 17.7 Å². The minimum absolute atomic E-state index is 0.0451. The van der Waals surface area contributed by atoms with E-state index in [4.69, 9.17) is 4.74 Å². The number of carbonyl (C=O) groups is 2. The van der Waals surface area contributed by atoms with E-state index in [0.29, 0.717) is 39.4 Å². The zero-order valence-electron chi connectivity index (χ0n) is 14.0. The SMILES string of the molecule is Cc1cccc(C(=O)N2CCC(C(=O)N3CCOCC3)CC2)c1I. The summed E-state index contributed by atoms with van der Waals surface area (Å²) >= 11 is 2.24. The van der Waals surface area contributed by atoms with Crippen LogP contribution in [-0.2, 0) is 9.53 Å². The molecule has 0 unspecified atom stereocenters. The molecule has 0 saturated carbocycles. The Bertz CT molecular complexity index is 621. The van der Waals surface area contributed by atoms with Crippen LogP contribution in [0.2, 0.25) is 0 Å². The summed E-state index contributed by atoms with van der Waals surface area (Å²) in [4.78, 5) is 29.1. The molecule has 0 N–H and O–H groups in total. The standard InChI is InChI=1S/C18H23IN2O3/c1-13-3-2-4-15(16(13)19)18(23)20-7-5-14(6-8-20)17(22)21-9-11-24-12-10-21/h2-4,14H,5-12H2,1H3. The van der Waals surface area contributed by atoms with Gasteiger partial charge in [0, 0.05) is 35.7 Å². The third-order valence-electron chi connectivity index (χ3n) is 4.88. The van der Waals surface area contributed by atoms with Gasteiger partial charge in [-0.15, -0.1) is 0 Å². The van der Waals surface area contributed by atoms with Gasteiger partial charge in [-0.2, -0.15) is 0 Å². The molecule has 2 aliphatic rings. The van der Waals surface area contributed by atoms with Crippen LogP contribution < -0.4 is 0 Å². The molecule has 0 atom stereocenters. The maximum atomic E-state index is 12.8. The monoisotopic (exact) mass is 442 g/mol. The molecule has 0 aromatic heterocycles. The lowest BCUT2D eigenvalue weighted by Crippen LogP contribution is -2.47. The first-order valence-corrected chi connectivity index (χ1v) is 9.56. The third kappa shape index (κ3) is 3.74. The first-order chi connectivity index (χ1) is 11.6. The van der Waals surface area contributed by atoms with Gasteiger partial charge in [-0.05, 0) is 54.0 Å². The number of morpholine rings is 1. The number of piperidine rings is 1. The van der Waals surface area contributed by atoms with Gasteiger partial charge in [0.25, 0.3) is 5.91 Å². The molecule has 0 bridgehead atoms. The molecule has 2 heterocycles. The highest BCUT2D eigenvalue weighted by atomic mass is 127. The fraction of sp³-hybridized carbons (Fsp3) is 0.556. The second-order valence-electron chi connectivity index (χ2n) is 6.44. The highest BCUT2D eigenvalue weighted by molar-refractivity contribution is 14.1. The number of hydrogen-bond donors (Lipinski definition) is 0. The Morgan fingerprint density at radius 2 is 1.75 bits per heavy atom. The van der Waals surface area contributed by atoms with Crippen LogP contribution in [0.4, 0.5) is 0 Å². The number of hydrogen-bond acceptors (Lipinski definition) is 3. The van der Waals surface area contributed by atoms with E-state index in [1.54, 1.807) is 0 Å². The minimum Gasteiger partial charge on any atom is -0.378 e. The third-order valence-corrected chi connectivity index (χ3v) is 6.31. The van der Waals surface area contributed by atoms with Crippen molar-refractivity contribution in [1.29, 1.82) is 0 Å². The molecule has 1 aromatic carbocycles. The molecular formula is C18H23IN2O3. The summed E-state index contributed by atoms with van der Waals surface area (Å²) in [7, 11) is 0. The molecule has 1 aromatic rings. The maximum absolute atomic E-state index is 12.8. The average Bonchev–Trinajstić information content (AvgIpc) is 2.64. The predicted octanol–water partition coefficient (Wildman–Crippen LogP) is 2.31. The molecule has 0 spiro atoms. The van der Waals surface area contributed by atoms with Crippen molar-refractivity contribution in [3.63, 3.8) is 0 Å². The van der Waals surface area contributed by atoms with Crippen LogP contribution in [0.3, 0.4) is 0 Å². The number of halogens is 1. The van der Waals surface area contributed by atoms with E-state index in [9.17, 15) is 9.59 Å². The average molecular weight is 442 g/mol. The Morgan fingerprint density at radius 1 is 1.08 bits per heavy atom. The van der Waals surface area contributed by atoms with Crippen molar-refractivity contribution in [1.82, 2.24) is 9.80 Å². The molecule has 130 valence electrons. The molecule has 2 fully saturated rings. The summed E-state index contributed by atoms with van der Waals surface area (Å²) in [6, 6.07) is 5.84. The highest BCUT2D eigenvalue weighted by Crippen LogP contribution is 2.24. The molecule has 24 heavy (non-hydrogen) atoms. The largest absolute Gasteiger partial charge is 0.378 e. The maximum Gasteiger partial charge on any atom is 0.254 e. The summed E-state index contributed by atoms with van der Waals surface area (Å²) in [5.74, 6) is 0.361. The number of amides is 2. The second-order valence-corrected chi connectivity index (χ2v) is 7.52. The van der Waals surface area contributed by atoms with Gasteiger partial charge in [0.15, 0.2) is 0 Å². The Hall–Kier alpha value is -1.15. The van der Waals surface area contributed by atoms with E-state index in [1.165, 1.54) is 0 Å². The second kappa shape index (κ2) is 7.82. The Balaban J connectivity index is 1.59. The number of benzene rings is 1. The number of aryl methyl sites for hydroxylation is 1. The van der Waals surface area contributed by atoms with Gasteiger partial charge in [0.1, 0.15) is 0 Å².